The van der Waals surface area contributed by atoms with Crippen LogP contribution in [0, 0.1) is 6.92 Å². The summed E-state index contributed by atoms with van der Waals surface area (Å²) in [6.07, 6.45) is 2.69. The lowest BCUT2D eigenvalue weighted by atomic mass is 10.1. The molecule has 0 spiro atoms. The van der Waals surface area contributed by atoms with E-state index in [0.29, 0.717) is 6.54 Å². The summed E-state index contributed by atoms with van der Waals surface area (Å²) in [5, 5.41) is 0. The Bertz CT molecular complexity index is 463. The highest BCUT2D eigenvalue weighted by atomic mass is 14.9. The fraction of sp³-hybridized carbons (Fsp3) is 0.231. The summed E-state index contributed by atoms with van der Waals surface area (Å²) >= 11 is 0. The van der Waals surface area contributed by atoms with E-state index in [2.05, 4.69) is 22.1 Å². The topological polar surface area (TPSA) is 51.8 Å². The van der Waals surface area contributed by atoms with Gasteiger partial charge in [0.15, 0.2) is 5.82 Å². The van der Waals surface area contributed by atoms with E-state index in [4.69, 9.17) is 5.73 Å². The minimum absolute atomic E-state index is 0.681. The maximum absolute atomic E-state index is 5.50. The van der Waals surface area contributed by atoms with Crippen molar-refractivity contribution in [3.8, 4) is 11.4 Å². The summed E-state index contributed by atoms with van der Waals surface area (Å²) in [6, 6.07) is 10.1. The number of aryl methyl sites for hydroxylation is 1. The Kier molecular flexibility index (Phi) is 3.27. The van der Waals surface area contributed by atoms with Crippen molar-refractivity contribution in [2.75, 3.05) is 6.54 Å². The molecule has 0 fully saturated rings. The van der Waals surface area contributed by atoms with Gasteiger partial charge in [0, 0.05) is 17.5 Å². The lowest BCUT2D eigenvalue weighted by molar-refractivity contribution is 0.968. The molecule has 1 aromatic heterocycles. The Morgan fingerprint density at radius 1 is 1.12 bits per heavy atom. The summed E-state index contributed by atoms with van der Waals surface area (Å²) in [6.45, 7) is 2.65. The minimum atomic E-state index is 0.681. The van der Waals surface area contributed by atoms with Gasteiger partial charge in [-0.15, -0.1) is 0 Å². The van der Waals surface area contributed by atoms with Crippen molar-refractivity contribution in [1.82, 2.24) is 9.97 Å². The number of rotatable bonds is 3. The van der Waals surface area contributed by atoms with Gasteiger partial charge in [-0.2, -0.15) is 0 Å². The zero-order valence-electron chi connectivity index (χ0n) is 9.35. The van der Waals surface area contributed by atoms with Gasteiger partial charge in [-0.25, -0.2) is 9.97 Å². The van der Waals surface area contributed by atoms with Crippen molar-refractivity contribution in [3.05, 3.63) is 47.8 Å². The first-order chi connectivity index (χ1) is 7.79. The molecule has 16 heavy (non-hydrogen) atoms. The molecule has 0 atom stereocenters. The van der Waals surface area contributed by atoms with Crippen LogP contribution in [0.5, 0.6) is 0 Å². The van der Waals surface area contributed by atoms with Crippen LogP contribution in [0.2, 0.25) is 0 Å². The predicted molar refractivity (Wildman–Crippen MR) is 65.0 cm³/mol. The van der Waals surface area contributed by atoms with Gasteiger partial charge in [-0.3, -0.25) is 0 Å². The van der Waals surface area contributed by atoms with Crippen LogP contribution >= 0.6 is 0 Å². The van der Waals surface area contributed by atoms with E-state index in [1.165, 1.54) is 5.56 Å². The summed E-state index contributed by atoms with van der Waals surface area (Å²) in [4.78, 5) is 8.63. The molecule has 0 saturated heterocycles. The maximum atomic E-state index is 5.50. The molecule has 0 aliphatic carbocycles. The first-order valence-corrected chi connectivity index (χ1v) is 5.38. The highest BCUT2D eigenvalue weighted by Gasteiger charge is 2.00. The summed E-state index contributed by atoms with van der Waals surface area (Å²) in [7, 11) is 0. The van der Waals surface area contributed by atoms with Crippen molar-refractivity contribution >= 4 is 0 Å². The molecule has 0 saturated carbocycles. The van der Waals surface area contributed by atoms with Crippen molar-refractivity contribution in [1.29, 1.82) is 0 Å². The zero-order chi connectivity index (χ0) is 11.4. The summed E-state index contributed by atoms with van der Waals surface area (Å²) in [5.41, 5.74) is 8.78. The summed E-state index contributed by atoms with van der Waals surface area (Å²) < 4.78 is 0. The van der Waals surface area contributed by atoms with Crippen LogP contribution in [-0.4, -0.2) is 16.5 Å². The molecule has 3 nitrogen and oxygen atoms in total. The molecular weight excluding hydrogens is 198 g/mol. The molecule has 0 amide bonds. The maximum Gasteiger partial charge on any atom is 0.159 e. The number of nitrogens with zero attached hydrogens (tertiary/aromatic N) is 2. The Labute approximate surface area is 95.4 Å². The first kappa shape index (κ1) is 10.8. The lowest BCUT2D eigenvalue weighted by Crippen LogP contribution is -2.02. The third-order valence-electron chi connectivity index (χ3n) is 2.44. The normalized spacial score (nSPS) is 10.4. The van der Waals surface area contributed by atoms with Crippen LogP contribution in [0.1, 0.15) is 11.3 Å². The first-order valence-electron chi connectivity index (χ1n) is 5.38. The fourth-order valence-corrected chi connectivity index (χ4v) is 1.58. The van der Waals surface area contributed by atoms with Crippen molar-refractivity contribution < 1.29 is 0 Å². The molecule has 0 aliphatic heterocycles. The second kappa shape index (κ2) is 4.86. The second-order valence-corrected chi connectivity index (χ2v) is 3.76. The molecule has 3 heteroatoms. The molecule has 1 aromatic carbocycles. The Morgan fingerprint density at radius 3 is 2.50 bits per heavy atom. The standard InChI is InChI=1S/C13H15N3/c1-10-7-9-15-13(16-10)12-4-2-11(3-5-12)6-8-14/h2-5,7,9H,6,8,14H2,1H3. The van der Waals surface area contributed by atoms with Gasteiger partial charge in [0.25, 0.3) is 0 Å². The predicted octanol–water partition coefficient (Wildman–Crippen LogP) is 1.95. The Hall–Kier alpha value is -1.74. The van der Waals surface area contributed by atoms with E-state index in [-0.39, 0.29) is 0 Å². The number of aromatic nitrogens is 2. The van der Waals surface area contributed by atoms with Gasteiger partial charge in [0.05, 0.1) is 0 Å². The zero-order valence-corrected chi connectivity index (χ0v) is 9.35. The molecule has 0 radical (unpaired) electrons. The number of nitrogens with two attached hydrogens (primary N) is 1. The Morgan fingerprint density at radius 2 is 1.88 bits per heavy atom. The third kappa shape index (κ3) is 2.44. The molecule has 1 heterocycles. The summed E-state index contributed by atoms with van der Waals surface area (Å²) in [5.74, 6) is 0.777. The van der Waals surface area contributed by atoms with Gasteiger partial charge in [0.1, 0.15) is 0 Å². The van der Waals surface area contributed by atoms with E-state index >= 15 is 0 Å². The molecule has 82 valence electrons. The smallest absolute Gasteiger partial charge is 0.159 e. The largest absolute Gasteiger partial charge is 0.330 e. The molecule has 2 rings (SSSR count). The van der Waals surface area contributed by atoms with Crippen LogP contribution in [0.4, 0.5) is 0 Å². The van der Waals surface area contributed by atoms with E-state index in [1.54, 1.807) is 6.20 Å². The SMILES string of the molecule is Cc1ccnc(-c2ccc(CCN)cc2)n1. The quantitative estimate of drug-likeness (QED) is 0.847. The number of benzene rings is 1. The lowest BCUT2D eigenvalue weighted by Gasteiger charge is -2.02. The minimum Gasteiger partial charge on any atom is -0.330 e. The van der Waals surface area contributed by atoms with Crippen LogP contribution in [0.15, 0.2) is 36.5 Å². The third-order valence-corrected chi connectivity index (χ3v) is 2.44. The van der Waals surface area contributed by atoms with Crippen molar-refractivity contribution in [3.63, 3.8) is 0 Å². The number of hydrogen-bond donors (Lipinski definition) is 1. The van der Waals surface area contributed by atoms with Gasteiger partial charge in [0.2, 0.25) is 0 Å². The number of hydrogen-bond acceptors (Lipinski definition) is 3. The fourth-order valence-electron chi connectivity index (χ4n) is 1.58. The van der Waals surface area contributed by atoms with E-state index in [9.17, 15) is 0 Å². The van der Waals surface area contributed by atoms with Crippen LogP contribution in [-0.2, 0) is 6.42 Å². The van der Waals surface area contributed by atoms with Crippen molar-refractivity contribution in [2.24, 2.45) is 5.73 Å². The van der Waals surface area contributed by atoms with E-state index in [0.717, 1.165) is 23.5 Å². The van der Waals surface area contributed by atoms with Crippen molar-refractivity contribution in [2.45, 2.75) is 13.3 Å². The van der Waals surface area contributed by atoms with E-state index < -0.39 is 0 Å². The molecule has 0 bridgehead atoms. The van der Waals surface area contributed by atoms with E-state index in [1.807, 2.05) is 25.1 Å². The van der Waals surface area contributed by atoms with Gasteiger partial charge in [-0.05, 0) is 31.5 Å². The average molecular weight is 213 g/mol. The molecular formula is C13H15N3. The molecule has 0 aliphatic rings. The average Bonchev–Trinajstić information content (AvgIpc) is 2.30. The monoisotopic (exact) mass is 213 g/mol. The molecule has 2 aromatic rings. The van der Waals surface area contributed by atoms with Crippen LogP contribution < -0.4 is 5.73 Å². The van der Waals surface area contributed by atoms with Gasteiger partial charge < -0.3 is 5.73 Å². The Balaban J connectivity index is 2.27. The van der Waals surface area contributed by atoms with Gasteiger partial charge in [-0.1, -0.05) is 24.3 Å². The molecule has 0 unspecified atom stereocenters. The molecule has 2 N–H and O–H groups in total. The highest BCUT2D eigenvalue weighted by Crippen LogP contribution is 2.15. The second-order valence-electron chi connectivity index (χ2n) is 3.76. The van der Waals surface area contributed by atoms with Crippen LogP contribution in [0.3, 0.4) is 0 Å². The van der Waals surface area contributed by atoms with Crippen LogP contribution in [0.25, 0.3) is 11.4 Å². The van der Waals surface area contributed by atoms with Gasteiger partial charge >= 0.3 is 0 Å². The highest BCUT2D eigenvalue weighted by molar-refractivity contribution is 5.55.